The molecule has 0 aromatic carbocycles. The Labute approximate surface area is 115 Å². The van der Waals surface area contributed by atoms with E-state index in [2.05, 4.69) is 14.8 Å². The molecule has 4 nitrogen and oxygen atoms in total. The van der Waals surface area contributed by atoms with Crippen molar-refractivity contribution < 1.29 is 5.11 Å². The predicted octanol–water partition coefficient (Wildman–Crippen LogP) is 1.67. The maximum absolute atomic E-state index is 9.64. The molecule has 1 unspecified atom stereocenters. The van der Waals surface area contributed by atoms with Crippen LogP contribution < -0.4 is 4.90 Å². The molecular weight excluding hydrogens is 238 g/mol. The van der Waals surface area contributed by atoms with Crippen LogP contribution in [0.5, 0.6) is 0 Å². The number of rotatable bonds is 4. The molecule has 0 amide bonds. The molecule has 0 radical (unpaired) electrons. The fraction of sp³-hybridized carbons (Fsp3) is 0.667. The van der Waals surface area contributed by atoms with E-state index in [0.29, 0.717) is 0 Å². The number of piperazine rings is 1. The van der Waals surface area contributed by atoms with Crippen LogP contribution in [0.3, 0.4) is 0 Å². The lowest BCUT2D eigenvalue weighted by molar-refractivity contribution is 0.199. The van der Waals surface area contributed by atoms with Gasteiger partial charge in [0.2, 0.25) is 0 Å². The maximum atomic E-state index is 9.64. The van der Waals surface area contributed by atoms with Gasteiger partial charge in [-0.2, -0.15) is 0 Å². The molecule has 1 saturated heterocycles. The van der Waals surface area contributed by atoms with E-state index in [9.17, 15) is 5.11 Å². The van der Waals surface area contributed by atoms with E-state index in [1.165, 1.54) is 19.4 Å². The Kier molecular flexibility index (Phi) is 3.71. The van der Waals surface area contributed by atoms with Crippen LogP contribution in [0.15, 0.2) is 18.3 Å². The summed E-state index contributed by atoms with van der Waals surface area (Å²) in [5.74, 6) is 1.98. The highest BCUT2D eigenvalue weighted by molar-refractivity contribution is 5.42. The van der Waals surface area contributed by atoms with Gasteiger partial charge in [-0.15, -0.1) is 0 Å². The van der Waals surface area contributed by atoms with Crippen molar-refractivity contribution in [3.05, 3.63) is 23.9 Å². The first-order valence-corrected chi connectivity index (χ1v) is 7.33. The minimum absolute atomic E-state index is 0.419. The second-order valence-electron chi connectivity index (χ2n) is 5.85. The van der Waals surface area contributed by atoms with Crippen LogP contribution in [0.25, 0.3) is 0 Å². The predicted molar refractivity (Wildman–Crippen MR) is 76.2 cm³/mol. The molecule has 2 aliphatic rings. The number of aliphatic hydroxyl groups excluding tert-OH is 1. The van der Waals surface area contributed by atoms with Crippen molar-refractivity contribution in [1.29, 1.82) is 0 Å². The lowest BCUT2D eigenvalue weighted by atomic mass is 10.1. The highest BCUT2D eigenvalue weighted by atomic mass is 16.3. The monoisotopic (exact) mass is 261 g/mol. The summed E-state index contributed by atoms with van der Waals surface area (Å²) in [6.07, 6.45) is 4.24. The zero-order valence-electron chi connectivity index (χ0n) is 11.6. The second-order valence-corrected chi connectivity index (χ2v) is 5.85. The van der Waals surface area contributed by atoms with E-state index in [4.69, 9.17) is 0 Å². The van der Waals surface area contributed by atoms with Crippen molar-refractivity contribution in [2.75, 3.05) is 37.6 Å². The number of hydrogen-bond donors (Lipinski definition) is 1. The van der Waals surface area contributed by atoms with Gasteiger partial charge in [-0.3, -0.25) is 4.90 Å². The zero-order valence-corrected chi connectivity index (χ0v) is 11.6. The van der Waals surface area contributed by atoms with E-state index < -0.39 is 6.10 Å². The van der Waals surface area contributed by atoms with E-state index in [1.54, 1.807) is 13.1 Å². The number of anilines is 1. The summed E-state index contributed by atoms with van der Waals surface area (Å²) in [7, 11) is 0. The van der Waals surface area contributed by atoms with Crippen LogP contribution >= 0.6 is 0 Å². The average Bonchev–Trinajstić information content (AvgIpc) is 3.24. The number of pyridine rings is 1. The maximum Gasteiger partial charge on any atom is 0.128 e. The van der Waals surface area contributed by atoms with Crippen LogP contribution in [0.2, 0.25) is 0 Å². The molecular formula is C15H23N3O. The Hall–Kier alpha value is -1.13. The molecule has 3 rings (SSSR count). The number of aliphatic hydroxyl groups is 1. The summed E-state index contributed by atoms with van der Waals surface area (Å²) in [5.41, 5.74) is 0.949. The topological polar surface area (TPSA) is 39.6 Å². The third kappa shape index (κ3) is 3.25. The molecule has 1 aliphatic heterocycles. The molecule has 4 heteroatoms. The van der Waals surface area contributed by atoms with Crippen LogP contribution in [0.4, 0.5) is 5.82 Å². The summed E-state index contributed by atoms with van der Waals surface area (Å²) >= 11 is 0. The normalized spacial score (nSPS) is 22.5. The van der Waals surface area contributed by atoms with E-state index >= 15 is 0 Å². The van der Waals surface area contributed by atoms with E-state index in [0.717, 1.165) is 43.5 Å². The van der Waals surface area contributed by atoms with Crippen molar-refractivity contribution in [2.45, 2.75) is 25.9 Å². The molecule has 2 fully saturated rings. The Bertz CT molecular complexity index is 423. The molecule has 104 valence electrons. The Morgan fingerprint density at radius 1 is 1.32 bits per heavy atom. The van der Waals surface area contributed by atoms with Gasteiger partial charge in [0.05, 0.1) is 6.10 Å². The van der Waals surface area contributed by atoms with E-state index in [-0.39, 0.29) is 0 Å². The molecule has 1 N–H and O–H groups in total. The fourth-order valence-corrected chi connectivity index (χ4v) is 2.69. The quantitative estimate of drug-likeness (QED) is 0.895. The Balaban J connectivity index is 1.59. The SMILES string of the molecule is CC(O)c1ccnc(N2CCN(CC3CC3)CC2)c1. The van der Waals surface area contributed by atoms with Gasteiger partial charge in [0.15, 0.2) is 0 Å². The van der Waals surface area contributed by atoms with Crippen molar-refractivity contribution in [2.24, 2.45) is 5.92 Å². The van der Waals surface area contributed by atoms with Gasteiger partial charge in [-0.25, -0.2) is 4.98 Å². The van der Waals surface area contributed by atoms with Gasteiger partial charge < -0.3 is 10.0 Å². The van der Waals surface area contributed by atoms with Gasteiger partial charge in [0.1, 0.15) is 5.82 Å². The third-order valence-electron chi connectivity index (χ3n) is 4.16. The minimum Gasteiger partial charge on any atom is -0.389 e. The standard InChI is InChI=1S/C15H23N3O/c1-12(19)14-4-5-16-15(10-14)18-8-6-17(7-9-18)11-13-2-3-13/h4-5,10,12-13,19H,2-3,6-9,11H2,1H3. The second kappa shape index (κ2) is 5.47. The Morgan fingerprint density at radius 2 is 2.05 bits per heavy atom. The average molecular weight is 261 g/mol. The number of nitrogens with zero attached hydrogens (tertiary/aromatic N) is 3. The van der Waals surface area contributed by atoms with Gasteiger partial charge in [0, 0.05) is 38.9 Å². The fourth-order valence-electron chi connectivity index (χ4n) is 2.69. The molecule has 2 heterocycles. The molecule has 1 atom stereocenters. The third-order valence-corrected chi connectivity index (χ3v) is 4.16. The first-order chi connectivity index (χ1) is 9.22. The largest absolute Gasteiger partial charge is 0.389 e. The lowest BCUT2D eigenvalue weighted by Crippen LogP contribution is -2.47. The first kappa shape index (κ1) is 12.9. The number of hydrogen-bond acceptors (Lipinski definition) is 4. The van der Waals surface area contributed by atoms with Crippen LogP contribution in [0, 0.1) is 5.92 Å². The molecule has 0 bridgehead atoms. The van der Waals surface area contributed by atoms with Crippen molar-refractivity contribution >= 4 is 5.82 Å². The van der Waals surface area contributed by atoms with Gasteiger partial charge in [-0.1, -0.05) is 0 Å². The van der Waals surface area contributed by atoms with Crippen molar-refractivity contribution in [3.8, 4) is 0 Å². The zero-order chi connectivity index (χ0) is 13.2. The molecule has 0 spiro atoms. The summed E-state index contributed by atoms with van der Waals surface area (Å²) in [5, 5.41) is 9.64. The first-order valence-electron chi connectivity index (χ1n) is 7.33. The minimum atomic E-state index is -0.419. The van der Waals surface area contributed by atoms with Crippen LogP contribution in [-0.4, -0.2) is 47.7 Å². The van der Waals surface area contributed by atoms with Crippen molar-refractivity contribution in [1.82, 2.24) is 9.88 Å². The van der Waals surface area contributed by atoms with Gasteiger partial charge in [0.25, 0.3) is 0 Å². The summed E-state index contributed by atoms with van der Waals surface area (Å²) in [4.78, 5) is 9.34. The number of aromatic nitrogens is 1. The van der Waals surface area contributed by atoms with Crippen LogP contribution in [-0.2, 0) is 0 Å². The highest BCUT2D eigenvalue weighted by Crippen LogP contribution is 2.30. The Morgan fingerprint density at radius 3 is 2.68 bits per heavy atom. The summed E-state index contributed by atoms with van der Waals surface area (Å²) in [6.45, 7) is 7.45. The molecule has 1 aromatic rings. The molecule has 1 saturated carbocycles. The highest BCUT2D eigenvalue weighted by Gasteiger charge is 2.26. The smallest absolute Gasteiger partial charge is 0.128 e. The van der Waals surface area contributed by atoms with E-state index in [1.807, 2.05) is 12.1 Å². The van der Waals surface area contributed by atoms with Gasteiger partial charge in [-0.05, 0) is 43.4 Å². The molecule has 1 aliphatic carbocycles. The van der Waals surface area contributed by atoms with Crippen LogP contribution in [0.1, 0.15) is 31.4 Å². The summed E-state index contributed by atoms with van der Waals surface area (Å²) < 4.78 is 0. The summed E-state index contributed by atoms with van der Waals surface area (Å²) in [6, 6.07) is 3.90. The van der Waals surface area contributed by atoms with Gasteiger partial charge >= 0.3 is 0 Å². The lowest BCUT2D eigenvalue weighted by Gasteiger charge is -2.35. The molecule has 19 heavy (non-hydrogen) atoms. The molecule has 1 aromatic heterocycles. The van der Waals surface area contributed by atoms with Crippen molar-refractivity contribution in [3.63, 3.8) is 0 Å².